The maximum atomic E-state index is 12.5. The van der Waals surface area contributed by atoms with Gasteiger partial charge in [0.1, 0.15) is 5.69 Å². The van der Waals surface area contributed by atoms with Crippen molar-refractivity contribution in [2.24, 2.45) is 0 Å². The fourth-order valence-electron chi connectivity index (χ4n) is 3.67. The topological polar surface area (TPSA) is 57.3 Å². The number of hydrogen-bond acceptors (Lipinski definition) is 4. The number of rotatable bonds is 9. The molecule has 0 aliphatic heterocycles. The van der Waals surface area contributed by atoms with Crippen LogP contribution in [0.25, 0.3) is 0 Å². The number of allylic oxidation sites excluding steroid dienone is 1. The second-order valence-corrected chi connectivity index (χ2v) is 7.39. The minimum atomic E-state index is -0.195. The Balaban J connectivity index is 1.50. The predicted octanol–water partition coefficient (Wildman–Crippen LogP) is 5.48. The van der Waals surface area contributed by atoms with E-state index in [9.17, 15) is 4.79 Å². The molecule has 29 heavy (non-hydrogen) atoms. The summed E-state index contributed by atoms with van der Waals surface area (Å²) < 4.78 is 0. The Hall–Kier alpha value is -2.82. The van der Waals surface area contributed by atoms with Crippen molar-refractivity contribution in [2.45, 2.75) is 46.0 Å². The number of amides is 1. The molecule has 0 fully saturated rings. The molecule has 1 amide bonds. The van der Waals surface area contributed by atoms with Crippen molar-refractivity contribution in [1.29, 1.82) is 0 Å². The van der Waals surface area contributed by atoms with E-state index in [0.29, 0.717) is 5.69 Å². The van der Waals surface area contributed by atoms with E-state index in [1.165, 1.54) is 25.7 Å². The summed E-state index contributed by atoms with van der Waals surface area (Å²) in [7, 11) is 0. The van der Waals surface area contributed by atoms with Crippen LogP contribution < -0.4 is 15.5 Å². The van der Waals surface area contributed by atoms with Gasteiger partial charge in [-0.15, -0.1) is 0 Å². The van der Waals surface area contributed by atoms with Gasteiger partial charge in [0.25, 0.3) is 5.91 Å². The zero-order valence-electron chi connectivity index (χ0n) is 17.6. The number of hydrogen-bond donors (Lipinski definition) is 2. The monoisotopic (exact) mass is 392 g/mol. The lowest BCUT2D eigenvalue weighted by Crippen LogP contribution is -2.21. The lowest BCUT2D eigenvalue weighted by atomic mass is 9.97. The van der Waals surface area contributed by atoms with Gasteiger partial charge in [0.15, 0.2) is 0 Å². The van der Waals surface area contributed by atoms with Crippen molar-refractivity contribution >= 4 is 23.0 Å². The SMILES string of the molecule is CCN(CC)c1ccc(NC(=O)c2ccc(NCCC3=CCCCC3)cn2)cc1. The molecule has 5 heteroatoms. The Kier molecular flexibility index (Phi) is 7.68. The first-order valence-electron chi connectivity index (χ1n) is 10.7. The van der Waals surface area contributed by atoms with E-state index in [1.54, 1.807) is 17.8 Å². The molecule has 1 aromatic carbocycles. The average Bonchev–Trinajstić information content (AvgIpc) is 2.77. The van der Waals surface area contributed by atoms with Crippen molar-refractivity contribution in [2.75, 3.05) is 35.2 Å². The molecular weight excluding hydrogens is 360 g/mol. The molecule has 2 aromatic rings. The van der Waals surface area contributed by atoms with E-state index in [0.717, 1.165) is 43.1 Å². The molecule has 1 aliphatic rings. The van der Waals surface area contributed by atoms with E-state index in [4.69, 9.17) is 0 Å². The second-order valence-electron chi connectivity index (χ2n) is 7.39. The molecular formula is C24H32N4O. The van der Waals surface area contributed by atoms with Crippen molar-refractivity contribution in [1.82, 2.24) is 4.98 Å². The van der Waals surface area contributed by atoms with Crippen LogP contribution in [0.4, 0.5) is 17.1 Å². The maximum Gasteiger partial charge on any atom is 0.274 e. The summed E-state index contributed by atoms with van der Waals surface area (Å²) >= 11 is 0. The Bertz CT molecular complexity index is 808. The van der Waals surface area contributed by atoms with Gasteiger partial charge in [0.2, 0.25) is 0 Å². The highest BCUT2D eigenvalue weighted by Crippen LogP contribution is 2.20. The first kappa shape index (κ1) is 20.9. The fraction of sp³-hybridized carbons (Fsp3) is 0.417. The summed E-state index contributed by atoms with van der Waals surface area (Å²) in [6.45, 7) is 7.10. The van der Waals surface area contributed by atoms with Gasteiger partial charge in [-0.1, -0.05) is 11.6 Å². The number of carbonyl (C=O) groups is 1. The normalized spacial score (nSPS) is 13.5. The van der Waals surface area contributed by atoms with E-state index in [-0.39, 0.29) is 5.91 Å². The van der Waals surface area contributed by atoms with Gasteiger partial charge in [-0.2, -0.15) is 0 Å². The van der Waals surface area contributed by atoms with Crippen molar-refractivity contribution in [3.63, 3.8) is 0 Å². The highest BCUT2D eigenvalue weighted by molar-refractivity contribution is 6.03. The number of nitrogens with one attached hydrogen (secondary N) is 2. The summed E-state index contributed by atoms with van der Waals surface area (Å²) in [6, 6.07) is 11.6. The average molecular weight is 393 g/mol. The lowest BCUT2D eigenvalue weighted by molar-refractivity contribution is 0.102. The van der Waals surface area contributed by atoms with E-state index in [2.05, 4.69) is 40.4 Å². The van der Waals surface area contributed by atoms with Gasteiger partial charge in [-0.3, -0.25) is 4.79 Å². The van der Waals surface area contributed by atoms with Crippen LogP contribution in [-0.4, -0.2) is 30.5 Å². The van der Waals surface area contributed by atoms with Crippen LogP contribution in [0.15, 0.2) is 54.2 Å². The van der Waals surface area contributed by atoms with Gasteiger partial charge in [0, 0.05) is 31.0 Å². The number of anilines is 3. The molecule has 154 valence electrons. The van der Waals surface area contributed by atoms with Crippen LogP contribution >= 0.6 is 0 Å². The smallest absolute Gasteiger partial charge is 0.274 e. The van der Waals surface area contributed by atoms with Crippen molar-refractivity contribution in [3.8, 4) is 0 Å². The third-order valence-electron chi connectivity index (χ3n) is 5.41. The Morgan fingerprint density at radius 2 is 1.79 bits per heavy atom. The van der Waals surface area contributed by atoms with Crippen LogP contribution in [0.2, 0.25) is 0 Å². The molecule has 3 rings (SSSR count). The number of carbonyl (C=O) groups excluding carboxylic acids is 1. The number of nitrogens with zero attached hydrogens (tertiary/aromatic N) is 2. The van der Waals surface area contributed by atoms with Crippen molar-refractivity contribution in [3.05, 3.63) is 59.9 Å². The Labute approximate surface area is 174 Å². The zero-order chi connectivity index (χ0) is 20.5. The first-order chi connectivity index (χ1) is 14.2. The van der Waals surface area contributed by atoms with Crippen LogP contribution in [0.5, 0.6) is 0 Å². The fourth-order valence-corrected chi connectivity index (χ4v) is 3.67. The van der Waals surface area contributed by atoms with Gasteiger partial charge in [0.05, 0.1) is 11.9 Å². The van der Waals surface area contributed by atoms with Gasteiger partial charge in [-0.25, -0.2) is 4.98 Å². The molecule has 0 unspecified atom stereocenters. The van der Waals surface area contributed by atoms with Crippen LogP contribution in [0.1, 0.15) is 56.4 Å². The molecule has 5 nitrogen and oxygen atoms in total. The second kappa shape index (κ2) is 10.6. The molecule has 1 aromatic heterocycles. The van der Waals surface area contributed by atoms with Gasteiger partial charge >= 0.3 is 0 Å². The largest absolute Gasteiger partial charge is 0.383 e. The standard InChI is InChI=1S/C24H32N4O/c1-3-28(4-2)22-13-10-20(11-14-22)27-24(29)23-15-12-21(18-26-23)25-17-16-19-8-6-5-7-9-19/h8,10-15,18,25H,3-7,9,16-17H2,1-2H3,(H,27,29). The molecule has 2 N–H and O–H groups in total. The molecule has 1 heterocycles. The maximum absolute atomic E-state index is 12.5. The summed E-state index contributed by atoms with van der Waals surface area (Å²) in [5, 5.41) is 6.31. The summed E-state index contributed by atoms with van der Waals surface area (Å²) in [4.78, 5) is 19.0. The summed E-state index contributed by atoms with van der Waals surface area (Å²) in [5.41, 5.74) is 4.85. The molecule has 0 radical (unpaired) electrons. The third-order valence-corrected chi connectivity index (χ3v) is 5.41. The summed E-state index contributed by atoms with van der Waals surface area (Å²) in [6.07, 6.45) is 10.3. The molecule has 0 spiro atoms. The molecule has 0 saturated heterocycles. The van der Waals surface area contributed by atoms with E-state index < -0.39 is 0 Å². The highest BCUT2D eigenvalue weighted by Gasteiger charge is 2.09. The quantitative estimate of drug-likeness (QED) is 0.555. The molecule has 0 atom stereocenters. The first-order valence-corrected chi connectivity index (χ1v) is 10.7. The Morgan fingerprint density at radius 1 is 1.03 bits per heavy atom. The molecule has 1 aliphatic carbocycles. The van der Waals surface area contributed by atoms with Crippen molar-refractivity contribution < 1.29 is 4.79 Å². The van der Waals surface area contributed by atoms with Crippen LogP contribution in [-0.2, 0) is 0 Å². The van der Waals surface area contributed by atoms with Gasteiger partial charge < -0.3 is 15.5 Å². The zero-order valence-corrected chi connectivity index (χ0v) is 17.6. The van der Waals surface area contributed by atoms with Crippen LogP contribution in [0, 0.1) is 0 Å². The molecule has 0 saturated carbocycles. The third kappa shape index (κ3) is 6.08. The summed E-state index contributed by atoms with van der Waals surface area (Å²) in [5.74, 6) is -0.195. The van der Waals surface area contributed by atoms with E-state index in [1.807, 2.05) is 30.3 Å². The van der Waals surface area contributed by atoms with Gasteiger partial charge in [-0.05, 0) is 82.3 Å². The van der Waals surface area contributed by atoms with Crippen LogP contribution in [0.3, 0.4) is 0 Å². The molecule has 0 bridgehead atoms. The Morgan fingerprint density at radius 3 is 2.41 bits per heavy atom. The number of pyridine rings is 1. The predicted molar refractivity (Wildman–Crippen MR) is 122 cm³/mol. The highest BCUT2D eigenvalue weighted by atomic mass is 16.1. The number of benzene rings is 1. The minimum absolute atomic E-state index is 0.195. The van der Waals surface area contributed by atoms with E-state index >= 15 is 0 Å². The number of aromatic nitrogens is 1. The lowest BCUT2D eigenvalue weighted by Gasteiger charge is -2.21. The minimum Gasteiger partial charge on any atom is -0.383 e.